The zero-order chi connectivity index (χ0) is 18.6. The fourth-order valence-corrected chi connectivity index (χ4v) is 4.60. The predicted molar refractivity (Wildman–Crippen MR) is 124 cm³/mol. The molecule has 0 saturated carbocycles. The Kier molecular flexibility index (Phi) is 31.5. The van der Waals surface area contributed by atoms with Crippen LogP contribution in [0.5, 0.6) is 0 Å². The monoisotopic (exact) mass is 526 g/mol. The summed E-state index contributed by atoms with van der Waals surface area (Å²) in [4.78, 5) is 0. The Balaban J connectivity index is -0.00000288. The van der Waals surface area contributed by atoms with E-state index in [1.165, 1.54) is 89.9 Å². The van der Waals surface area contributed by atoms with Crippen LogP contribution in [0.1, 0.15) is 117 Å². The minimum absolute atomic E-state index is 0. The SMILES string of the molecule is CCCCCCCCCCOP(=S)(S)OCCCCCCCCCC.O.[Mo]. The Bertz CT molecular complexity index is 298. The van der Waals surface area contributed by atoms with Gasteiger partial charge in [-0.1, -0.05) is 116 Å². The molecule has 27 heavy (non-hydrogen) atoms. The third kappa shape index (κ3) is 27.6. The van der Waals surface area contributed by atoms with Crippen molar-refractivity contribution in [1.29, 1.82) is 0 Å². The first-order valence-corrected chi connectivity index (χ1v) is 14.5. The minimum atomic E-state index is -2.31. The molecule has 0 spiro atoms. The van der Waals surface area contributed by atoms with Gasteiger partial charge in [-0.2, -0.15) is 0 Å². The zero-order valence-corrected chi connectivity index (χ0v) is 22.4. The van der Waals surface area contributed by atoms with Crippen LogP contribution in [0.2, 0.25) is 0 Å². The van der Waals surface area contributed by atoms with Crippen molar-refractivity contribution < 1.29 is 35.6 Å². The van der Waals surface area contributed by atoms with Crippen LogP contribution in [0.3, 0.4) is 0 Å². The third-order valence-electron chi connectivity index (χ3n) is 4.50. The van der Waals surface area contributed by atoms with Gasteiger partial charge in [-0.25, -0.2) is 0 Å². The summed E-state index contributed by atoms with van der Waals surface area (Å²) >= 11 is 9.80. The number of hydrogen-bond acceptors (Lipinski definition) is 3. The zero-order valence-electron chi connectivity index (χ0n) is 17.8. The molecule has 0 aliphatic heterocycles. The second-order valence-corrected chi connectivity index (χ2v) is 12.4. The van der Waals surface area contributed by atoms with Crippen molar-refractivity contribution >= 4 is 29.7 Å². The first kappa shape index (κ1) is 33.2. The van der Waals surface area contributed by atoms with Gasteiger partial charge in [0.2, 0.25) is 5.69 Å². The molecule has 0 aliphatic rings. The molecule has 166 valence electrons. The first-order chi connectivity index (χ1) is 12.1. The van der Waals surface area contributed by atoms with Crippen molar-refractivity contribution in [2.75, 3.05) is 13.2 Å². The largest absolute Gasteiger partial charge is 0.412 e. The van der Waals surface area contributed by atoms with Crippen LogP contribution in [0, 0.1) is 0 Å². The van der Waals surface area contributed by atoms with Crippen LogP contribution in [0.15, 0.2) is 0 Å². The molecule has 0 heterocycles. The fraction of sp³-hybridized carbons (Fsp3) is 1.00. The van der Waals surface area contributed by atoms with Gasteiger partial charge in [0.1, 0.15) is 0 Å². The Hall–Kier alpha value is 1.57. The third-order valence-corrected chi connectivity index (χ3v) is 6.85. The van der Waals surface area contributed by atoms with Crippen LogP contribution in [0.4, 0.5) is 0 Å². The van der Waals surface area contributed by atoms with Crippen LogP contribution >= 0.6 is 17.9 Å². The van der Waals surface area contributed by atoms with E-state index in [0.717, 1.165) is 12.8 Å². The van der Waals surface area contributed by atoms with Crippen molar-refractivity contribution in [3.05, 3.63) is 0 Å². The van der Waals surface area contributed by atoms with Crippen molar-refractivity contribution in [2.24, 2.45) is 0 Å². The number of hydrogen-bond donors (Lipinski definition) is 1. The summed E-state index contributed by atoms with van der Waals surface area (Å²) in [6.45, 7) is 5.92. The molecular weight excluding hydrogens is 479 g/mol. The van der Waals surface area contributed by atoms with Crippen molar-refractivity contribution in [3.8, 4) is 0 Å². The maximum Gasteiger partial charge on any atom is 0.244 e. The maximum absolute atomic E-state index is 5.71. The number of thiol groups is 1. The molecule has 2 N–H and O–H groups in total. The average molecular weight is 525 g/mol. The molecule has 0 unspecified atom stereocenters. The normalized spacial score (nSPS) is 11.1. The molecule has 0 aromatic heterocycles. The Morgan fingerprint density at radius 3 is 1.15 bits per heavy atom. The molecule has 7 heteroatoms. The van der Waals surface area contributed by atoms with Gasteiger partial charge < -0.3 is 14.5 Å². The summed E-state index contributed by atoms with van der Waals surface area (Å²) in [7, 11) is 0. The molecular formula is C20H45MoO3PS2. The molecule has 0 aromatic rings. The predicted octanol–water partition coefficient (Wildman–Crippen LogP) is 7.63. The molecule has 0 radical (unpaired) electrons. The van der Waals surface area contributed by atoms with Crippen molar-refractivity contribution in [1.82, 2.24) is 0 Å². The van der Waals surface area contributed by atoms with Crippen molar-refractivity contribution in [3.63, 3.8) is 0 Å². The van der Waals surface area contributed by atoms with Gasteiger partial charge in [-0.3, -0.25) is 0 Å². The molecule has 0 aliphatic carbocycles. The quantitative estimate of drug-likeness (QED) is 0.0771. The fourth-order valence-electron chi connectivity index (χ4n) is 2.87. The Morgan fingerprint density at radius 1 is 0.593 bits per heavy atom. The molecule has 0 amide bonds. The minimum Gasteiger partial charge on any atom is -0.412 e. The van der Waals surface area contributed by atoms with Crippen LogP contribution < -0.4 is 0 Å². The van der Waals surface area contributed by atoms with Crippen LogP contribution in [-0.2, 0) is 41.9 Å². The van der Waals surface area contributed by atoms with Gasteiger partial charge in [0.25, 0.3) is 0 Å². The standard InChI is InChI=1S/C20H43O2PS2.Mo.H2O/c1-3-5-7-9-11-13-15-17-19-21-23(24,25)22-20-18-16-14-12-10-8-6-4-2;;/h3-20H2,1-2H3,(H,24,25);;1H2. The van der Waals surface area contributed by atoms with E-state index in [1.54, 1.807) is 0 Å². The molecule has 0 atom stereocenters. The van der Waals surface area contributed by atoms with E-state index in [0.29, 0.717) is 13.2 Å². The maximum atomic E-state index is 5.71. The number of unbranched alkanes of at least 4 members (excludes halogenated alkanes) is 14. The molecule has 0 rings (SSSR count). The summed E-state index contributed by atoms with van der Waals surface area (Å²) in [6.07, 6.45) is 20.8. The molecule has 0 fully saturated rings. The van der Waals surface area contributed by atoms with Gasteiger partial charge in [0.15, 0.2) is 0 Å². The van der Waals surface area contributed by atoms with E-state index in [9.17, 15) is 0 Å². The summed E-state index contributed by atoms with van der Waals surface area (Å²) in [6, 6.07) is 0. The van der Waals surface area contributed by atoms with E-state index in [2.05, 4.69) is 26.1 Å². The molecule has 3 nitrogen and oxygen atoms in total. The van der Waals surface area contributed by atoms with E-state index in [1.807, 2.05) is 0 Å². The first-order valence-electron chi connectivity index (χ1n) is 10.7. The summed E-state index contributed by atoms with van der Waals surface area (Å²) in [5.41, 5.74) is -2.31. The number of rotatable bonds is 20. The summed E-state index contributed by atoms with van der Waals surface area (Å²) in [5, 5.41) is 0. The molecule has 0 bridgehead atoms. The van der Waals surface area contributed by atoms with Crippen LogP contribution in [-0.4, -0.2) is 18.7 Å². The van der Waals surface area contributed by atoms with Gasteiger partial charge >= 0.3 is 0 Å². The Morgan fingerprint density at radius 2 is 0.852 bits per heavy atom. The van der Waals surface area contributed by atoms with Crippen molar-refractivity contribution in [2.45, 2.75) is 117 Å². The molecule has 0 saturated heterocycles. The Labute approximate surface area is 194 Å². The van der Waals surface area contributed by atoms with E-state index in [-0.39, 0.29) is 26.5 Å². The topological polar surface area (TPSA) is 50.0 Å². The van der Waals surface area contributed by atoms with E-state index < -0.39 is 5.69 Å². The summed E-state index contributed by atoms with van der Waals surface area (Å²) < 4.78 is 11.4. The van der Waals surface area contributed by atoms with Gasteiger partial charge in [-0.15, -0.1) is 0 Å². The summed E-state index contributed by atoms with van der Waals surface area (Å²) in [5.74, 6) is 0. The van der Waals surface area contributed by atoms with Gasteiger partial charge in [0, 0.05) is 21.1 Å². The van der Waals surface area contributed by atoms with Crippen LogP contribution in [0.25, 0.3) is 0 Å². The second kappa shape index (κ2) is 25.6. The van der Waals surface area contributed by atoms with Gasteiger partial charge in [-0.05, 0) is 24.6 Å². The second-order valence-electron chi connectivity index (χ2n) is 7.08. The van der Waals surface area contributed by atoms with Gasteiger partial charge in [0.05, 0.1) is 13.2 Å². The smallest absolute Gasteiger partial charge is 0.244 e. The molecule has 0 aromatic carbocycles. The van der Waals surface area contributed by atoms with E-state index >= 15 is 0 Å². The van der Waals surface area contributed by atoms with E-state index in [4.69, 9.17) is 20.9 Å². The average Bonchev–Trinajstić information content (AvgIpc) is 2.59.